The van der Waals surface area contributed by atoms with Crippen molar-refractivity contribution < 1.29 is 4.79 Å². The van der Waals surface area contributed by atoms with E-state index in [0.717, 1.165) is 52.1 Å². The molecule has 0 bridgehead atoms. The molecule has 28 heavy (non-hydrogen) atoms. The Hall–Kier alpha value is -2.41. The lowest BCUT2D eigenvalue weighted by Crippen LogP contribution is -2.54. The average Bonchev–Trinajstić information content (AvgIpc) is 3.27. The molecular formula is C21H30N6O. The first kappa shape index (κ1) is 18.9. The molecule has 1 aliphatic heterocycles. The van der Waals surface area contributed by atoms with E-state index >= 15 is 0 Å². The summed E-state index contributed by atoms with van der Waals surface area (Å²) in [6.07, 6.45) is 7.99. The molecule has 7 heteroatoms. The third-order valence-corrected chi connectivity index (χ3v) is 6.07. The fourth-order valence-corrected chi connectivity index (χ4v) is 4.42. The number of amides is 2. The van der Waals surface area contributed by atoms with E-state index in [2.05, 4.69) is 50.6 Å². The highest BCUT2D eigenvalue weighted by molar-refractivity contribution is 5.74. The van der Waals surface area contributed by atoms with Crippen LogP contribution in [0.1, 0.15) is 37.2 Å². The molecule has 4 rings (SSSR count). The Morgan fingerprint density at radius 1 is 1.04 bits per heavy atom. The van der Waals surface area contributed by atoms with Gasteiger partial charge in [-0.15, -0.1) is 0 Å². The first-order valence-corrected chi connectivity index (χ1v) is 10.4. The summed E-state index contributed by atoms with van der Waals surface area (Å²) >= 11 is 0. The number of urea groups is 1. The fraction of sp³-hybridized carbons (Fsp3) is 0.571. The van der Waals surface area contributed by atoms with Crippen molar-refractivity contribution in [3.05, 3.63) is 48.5 Å². The number of hydrogen-bond donors (Lipinski definition) is 1. The zero-order chi connectivity index (χ0) is 19.2. The second kappa shape index (κ2) is 9.19. The maximum Gasteiger partial charge on any atom is 0.317 e. The van der Waals surface area contributed by atoms with Gasteiger partial charge in [-0.3, -0.25) is 9.58 Å². The zero-order valence-electron chi connectivity index (χ0n) is 16.4. The number of carbonyl (C=O) groups is 1. The molecule has 2 atom stereocenters. The number of rotatable bonds is 5. The summed E-state index contributed by atoms with van der Waals surface area (Å²) in [4.78, 5) is 21.2. The lowest BCUT2D eigenvalue weighted by Gasteiger charge is -2.38. The minimum absolute atomic E-state index is 0.101. The van der Waals surface area contributed by atoms with Crippen LogP contribution in [0.2, 0.25) is 0 Å². The van der Waals surface area contributed by atoms with Gasteiger partial charge in [0.1, 0.15) is 12.7 Å². The van der Waals surface area contributed by atoms with E-state index in [1.807, 2.05) is 9.58 Å². The topological polar surface area (TPSA) is 66.3 Å². The molecule has 2 heterocycles. The van der Waals surface area contributed by atoms with Crippen LogP contribution < -0.4 is 5.32 Å². The van der Waals surface area contributed by atoms with Crippen LogP contribution in [0.5, 0.6) is 0 Å². The van der Waals surface area contributed by atoms with Crippen molar-refractivity contribution in [2.24, 2.45) is 0 Å². The van der Waals surface area contributed by atoms with Crippen LogP contribution in [0.25, 0.3) is 0 Å². The average molecular weight is 383 g/mol. The van der Waals surface area contributed by atoms with E-state index < -0.39 is 0 Å². The molecule has 0 radical (unpaired) electrons. The molecule has 2 fully saturated rings. The Bertz CT molecular complexity index is 727. The minimum Gasteiger partial charge on any atom is -0.335 e. The largest absolute Gasteiger partial charge is 0.335 e. The van der Waals surface area contributed by atoms with Crippen molar-refractivity contribution in [3.63, 3.8) is 0 Å². The van der Waals surface area contributed by atoms with Gasteiger partial charge in [0.05, 0.1) is 6.54 Å². The standard InChI is InChI=1S/C21H30N6O/c28-21(24-20-9-5-4-8-19(20)18-6-2-1-3-7-18)26-13-10-25(11-14-26)12-15-27-17-22-16-23-27/h1-3,6-7,16-17,19-20H,4-5,8-15H2,(H,24,28)/t19-,20+/m0/s1. The first-order chi connectivity index (χ1) is 13.8. The Labute approximate surface area is 166 Å². The van der Waals surface area contributed by atoms with Gasteiger partial charge in [-0.05, 0) is 18.4 Å². The predicted octanol–water partition coefficient (Wildman–Crippen LogP) is 2.33. The molecule has 1 saturated carbocycles. The molecular weight excluding hydrogens is 352 g/mol. The molecule has 1 saturated heterocycles. The summed E-state index contributed by atoms with van der Waals surface area (Å²) in [5, 5.41) is 7.50. The van der Waals surface area contributed by atoms with Crippen molar-refractivity contribution >= 4 is 6.03 Å². The second-order valence-electron chi connectivity index (χ2n) is 7.84. The van der Waals surface area contributed by atoms with Crippen molar-refractivity contribution in [1.29, 1.82) is 0 Å². The van der Waals surface area contributed by atoms with E-state index in [-0.39, 0.29) is 12.1 Å². The van der Waals surface area contributed by atoms with Gasteiger partial charge in [-0.25, -0.2) is 9.78 Å². The van der Waals surface area contributed by atoms with E-state index in [9.17, 15) is 4.79 Å². The molecule has 1 aromatic heterocycles. The lowest BCUT2D eigenvalue weighted by molar-refractivity contribution is 0.131. The maximum absolute atomic E-state index is 12.9. The van der Waals surface area contributed by atoms with Crippen LogP contribution in [0.3, 0.4) is 0 Å². The number of carbonyl (C=O) groups excluding carboxylic acids is 1. The molecule has 0 spiro atoms. The number of aromatic nitrogens is 3. The van der Waals surface area contributed by atoms with Gasteiger partial charge in [0.2, 0.25) is 0 Å². The van der Waals surface area contributed by atoms with Gasteiger partial charge in [-0.2, -0.15) is 5.10 Å². The van der Waals surface area contributed by atoms with E-state index in [1.165, 1.54) is 18.4 Å². The highest BCUT2D eigenvalue weighted by Crippen LogP contribution is 2.33. The van der Waals surface area contributed by atoms with Crippen LogP contribution in [0.15, 0.2) is 43.0 Å². The molecule has 7 nitrogen and oxygen atoms in total. The summed E-state index contributed by atoms with van der Waals surface area (Å²) in [7, 11) is 0. The summed E-state index contributed by atoms with van der Waals surface area (Å²) in [5.41, 5.74) is 1.35. The Morgan fingerprint density at radius 3 is 2.57 bits per heavy atom. The SMILES string of the molecule is O=C(N[C@@H]1CCCC[C@H]1c1ccccc1)N1CCN(CCn2cncn2)CC1. The molecule has 2 aliphatic rings. The Kier molecular flexibility index (Phi) is 6.21. The van der Waals surface area contributed by atoms with Crippen LogP contribution in [-0.2, 0) is 6.54 Å². The van der Waals surface area contributed by atoms with Gasteiger partial charge in [0.15, 0.2) is 0 Å². The molecule has 1 aromatic carbocycles. The van der Waals surface area contributed by atoms with Crippen LogP contribution >= 0.6 is 0 Å². The number of benzene rings is 1. The van der Waals surface area contributed by atoms with Crippen molar-refractivity contribution in [2.75, 3.05) is 32.7 Å². The second-order valence-corrected chi connectivity index (χ2v) is 7.84. The summed E-state index contributed by atoms with van der Waals surface area (Å²) in [6, 6.07) is 11.0. The summed E-state index contributed by atoms with van der Waals surface area (Å²) in [5.74, 6) is 0.433. The number of nitrogens with zero attached hydrogens (tertiary/aromatic N) is 5. The van der Waals surface area contributed by atoms with Crippen molar-refractivity contribution in [1.82, 2.24) is 29.9 Å². The van der Waals surface area contributed by atoms with E-state index in [1.54, 1.807) is 12.7 Å². The molecule has 1 N–H and O–H groups in total. The van der Waals surface area contributed by atoms with Gasteiger partial charge >= 0.3 is 6.03 Å². The molecule has 2 aromatic rings. The number of piperazine rings is 1. The Morgan fingerprint density at radius 2 is 1.82 bits per heavy atom. The monoisotopic (exact) mass is 382 g/mol. The third kappa shape index (κ3) is 4.70. The first-order valence-electron chi connectivity index (χ1n) is 10.4. The molecule has 1 aliphatic carbocycles. The quantitative estimate of drug-likeness (QED) is 0.862. The number of hydrogen-bond acceptors (Lipinski definition) is 4. The van der Waals surface area contributed by atoms with Crippen molar-refractivity contribution in [2.45, 2.75) is 44.2 Å². The maximum atomic E-state index is 12.9. The zero-order valence-corrected chi connectivity index (χ0v) is 16.4. The Balaban J connectivity index is 1.26. The van der Waals surface area contributed by atoms with E-state index in [4.69, 9.17) is 0 Å². The molecule has 150 valence electrons. The van der Waals surface area contributed by atoms with Crippen LogP contribution in [0, 0.1) is 0 Å². The summed E-state index contributed by atoms with van der Waals surface area (Å²) in [6.45, 7) is 5.17. The van der Waals surface area contributed by atoms with Gasteiger partial charge < -0.3 is 10.2 Å². The van der Waals surface area contributed by atoms with Crippen LogP contribution in [0.4, 0.5) is 4.79 Å². The smallest absolute Gasteiger partial charge is 0.317 e. The lowest BCUT2D eigenvalue weighted by atomic mass is 9.80. The van der Waals surface area contributed by atoms with Gasteiger partial charge in [0, 0.05) is 44.7 Å². The molecule has 0 unspecified atom stereocenters. The third-order valence-electron chi connectivity index (χ3n) is 6.07. The fourth-order valence-electron chi connectivity index (χ4n) is 4.42. The normalized spacial score (nSPS) is 23.5. The minimum atomic E-state index is 0.101. The van der Waals surface area contributed by atoms with Crippen LogP contribution in [-0.4, -0.2) is 69.4 Å². The van der Waals surface area contributed by atoms with E-state index in [0.29, 0.717) is 5.92 Å². The molecule has 2 amide bonds. The number of nitrogens with one attached hydrogen (secondary N) is 1. The predicted molar refractivity (Wildman–Crippen MR) is 108 cm³/mol. The summed E-state index contributed by atoms with van der Waals surface area (Å²) < 4.78 is 1.85. The van der Waals surface area contributed by atoms with Crippen molar-refractivity contribution in [3.8, 4) is 0 Å². The highest BCUT2D eigenvalue weighted by Gasteiger charge is 2.30. The van der Waals surface area contributed by atoms with Gasteiger partial charge in [0.25, 0.3) is 0 Å². The van der Waals surface area contributed by atoms with Gasteiger partial charge in [-0.1, -0.05) is 43.2 Å². The highest BCUT2D eigenvalue weighted by atomic mass is 16.2.